The Balaban J connectivity index is 3.32. The van der Waals surface area contributed by atoms with Gasteiger partial charge in [-0.15, -0.1) is 11.6 Å². The second-order valence-corrected chi connectivity index (χ2v) is 2.79. The van der Waals surface area contributed by atoms with Gasteiger partial charge < -0.3 is 5.32 Å². The summed E-state index contributed by atoms with van der Waals surface area (Å²) in [5, 5.41) is 3.31. The van der Waals surface area contributed by atoms with Crippen LogP contribution in [0.25, 0.3) is 0 Å². The number of hydrogen-bond acceptors (Lipinski definition) is 1. The maximum atomic E-state index is 5.64. The molecule has 0 bridgehead atoms. The van der Waals surface area contributed by atoms with Crippen LogP contribution in [-0.2, 0) is 0 Å². The van der Waals surface area contributed by atoms with Crippen LogP contribution in [0.4, 0.5) is 0 Å². The fourth-order valence-corrected chi connectivity index (χ4v) is 0.924. The van der Waals surface area contributed by atoms with E-state index in [9.17, 15) is 0 Å². The lowest BCUT2D eigenvalue weighted by Gasteiger charge is -2.17. The Morgan fingerprint density at radius 3 is 2.33 bits per heavy atom. The Labute approximate surface area is 62.8 Å². The highest BCUT2D eigenvalue weighted by Gasteiger charge is 2.07. The summed E-state index contributed by atoms with van der Waals surface area (Å²) in [5.74, 6) is 1.32. The van der Waals surface area contributed by atoms with Crippen molar-refractivity contribution in [3.63, 3.8) is 0 Å². The number of alkyl halides is 1. The highest BCUT2D eigenvalue weighted by atomic mass is 35.5. The van der Waals surface area contributed by atoms with Crippen molar-refractivity contribution >= 4 is 11.6 Å². The summed E-state index contributed by atoms with van der Waals surface area (Å²) in [6, 6.07) is 0.549. The monoisotopic (exact) mass is 149 g/mol. The molecule has 2 heteroatoms. The van der Waals surface area contributed by atoms with Gasteiger partial charge in [0.05, 0.1) is 0 Å². The molecule has 0 heterocycles. The van der Waals surface area contributed by atoms with Crippen LogP contribution in [0.5, 0.6) is 0 Å². The number of hydrogen-bond donors (Lipinski definition) is 1. The molecule has 0 aromatic rings. The zero-order valence-electron chi connectivity index (χ0n) is 6.45. The minimum atomic E-state index is 0.549. The van der Waals surface area contributed by atoms with E-state index in [1.54, 1.807) is 0 Å². The number of nitrogens with one attached hydrogen (secondary N) is 1. The van der Waals surface area contributed by atoms with Crippen LogP contribution in [0.2, 0.25) is 0 Å². The third kappa shape index (κ3) is 3.77. The van der Waals surface area contributed by atoms with Gasteiger partial charge in [0.2, 0.25) is 0 Å². The van der Waals surface area contributed by atoms with Crippen molar-refractivity contribution in [1.29, 1.82) is 0 Å². The van der Waals surface area contributed by atoms with E-state index in [1.807, 2.05) is 0 Å². The SMILES string of the molecule is CCNC(C)C(C)CCl. The lowest BCUT2D eigenvalue weighted by Crippen LogP contribution is -2.32. The average molecular weight is 150 g/mol. The zero-order chi connectivity index (χ0) is 7.28. The van der Waals surface area contributed by atoms with E-state index in [1.165, 1.54) is 0 Å². The molecular formula is C7H16ClN. The first-order valence-electron chi connectivity index (χ1n) is 3.51. The average Bonchev–Trinajstić information content (AvgIpc) is 1.87. The minimum absolute atomic E-state index is 0.549. The van der Waals surface area contributed by atoms with Crippen LogP contribution in [0.1, 0.15) is 20.8 Å². The number of rotatable bonds is 4. The molecule has 56 valence electrons. The maximum absolute atomic E-state index is 5.64. The van der Waals surface area contributed by atoms with Crippen molar-refractivity contribution in [3.05, 3.63) is 0 Å². The molecule has 0 aromatic carbocycles. The Bertz CT molecular complexity index is 65.9. The molecular weight excluding hydrogens is 134 g/mol. The second kappa shape index (κ2) is 5.07. The summed E-state index contributed by atoms with van der Waals surface area (Å²) in [4.78, 5) is 0. The molecule has 0 saturated heterocycles. The fourth-order valence-electron chi connectivity index (χ4n) is 0.657. The van der Waals surface area contributed by atoms with Crippen molar-refractivity contribution in [2.45, 2.75) is 26.8 Å². The molecule has 0 spiro atoms. The third-order valence-electron chi connectivity index (χ3n) is 1.62. The van der Waals surface area contributed by atoms with Crippen molar-refractivity contribution in [2.75, 3.05) is 12.4 Å². The Morgan fingerprint density at radius 2 is 2.00 bits per heavy atom. The van der Waals surface area contributed by atoms with Crippen LogP contribution < -0.4 is 5.32 Å². The highest BCUT2D eigenvalue weighted by Crippen LogP contribution is 2.03. The van der Waals surface area contributed by atoms with Gasteiger partial charge in [0, 0.05) is 11.9 Å². The summed E-state index contributed by atoms with van der Waals surface area (Å²) in [5.41, 5.74) is 0. The van der Waals surface area contributed by atoms with Gasteiger partial charge in [-0.3, -0.25) is 0 Å². The molecule has 2 atom stereocenters. The van der Waals surface area contributed by atoms with Gasteiger partial charge >= 0.3 is 0 Å². The molecule has 0 amide bonds. The predicted octanol–water partition coefficient (Wildman–Crippen LogP) is 1.86. The van der Waals surface area contributed by atoms with Crippen molar-refractivity contribution in [2.24, 2.45) is 5.92 Å². The summed E-state index contributed by atoms with van der Waals surface area (Å²) in [6.07, 6.45) is 0. The summed E-state index contributed by atoms with van der Waals surface area (Å²) < 4.78 is 0. The lowest BCUT2D eigenvalue weighted by molar-refractivity contribution is 0.441. The topological polar surface area (TPSA) is 12.0 Å². The van der Waals surface area contributed by atoms with Gasteiger partial charge in [-0.2, -0.15) is 0 Å². The van der Waals surface area contributed by atoms with E-state index in [2.05, 4.69) is 26.1 Å². The standard InChI is InChI=1S/C7H16ClN/c1-4-9-7(3)6(2)5-8/h6-7,9H,4-5H2,1-3H3. The normalized spacial score (nSPS) is 17.3. The van der Waals surface area contributed by atoms with Crippen LogP contribution in [0.3, 0.4) is 0 Å². The molecule has 0 aliphatic rings. The first kappa shape index (κ1) is 9.25. The van der Waals surface area contributed by atoms with E-state index in [4.69, 9.17) is 11.6 Å². The Morgan fingerprint density at radius 1 is 1.44 bits per heavy atom. The van der Waals surface area contributed by atoms with Gasteiger partial charge in [0.15, 0.2) is 0 Å². The van der Waals surface area contributed by atoms with Crippen LogP contribution in [-0.4, -0.2) is 18.5 Å². The van der Waals surface area contributed by atoms with Gasteiger partial charge in [0.25, 0.3) is 0 Å². The van der Waals surface area contributed by atoms with Gasteiger partial charge in [-0.05, 0) is 19.4 Å². The molecule has 9 heavy (non-hydrogen) atoms. The molecule has 2 unspecified atom stereocenters. The maximum Gasteiger partial charge on any atom is 0.0263 e. The van der Waals surface area contributed by atoms with E-state index in [-0.39, 0.29) is 0 Å². The molecule has 0 fully saturated rings. The smallest absolute Gasteiger partial charge is 0.0263 e. The molecule has 0 aliphatic carbocycles. The molecule has 0 radical (unpaired) electrons. The van der Waals surface area contributed by atoms with Gasteiger partial charge in [0.1, 0.15) is 0 Å². The third-order valence-corrected chi connectivity index (χ3v) is 2.11. The van der Waals surface area contributed by atoms with Crippen LogP contribution >= 0.6 is 11.6 Å². The molecule has 1 nitrogen and oxygen atoms in total. The van der Waals surface area contributed by atoms with Crippen molar-refractivity contribution in [3.8, 4) is 0 Å². The lowest BCUT2D eigenvalue weighted by atomic mass is 10.1. The minimum Gasteiger partial charge on any atom is -0.314 e. The molecule has 1 N–H and O–H groups in total. The molecule has 0 rings (SSSR count). The van der Waals surface area contributed by atoms with E-state index >= 15 is 0 Å². The van der Waals surface area contributed by atoms with Crippen molar-refractivity contribution < 1.29 is 0 Å². The molecule has 0 aliphatic heterocycles. The summed E-state index contributed by atoms with van der Waals surface area (Å²) in [6.45, 7) is 7.46. The first-order chi connectivity index (χ1) is 4.22. The fraction of sp³-hybridized carbons (Fsp3) is 1.00. The van der Waals surface area contributed by atoms with Gasteiger partial charge in [-0.25, -0.2) is 0 Å². The Kier molecular flexibility index (Phi) is 5.21. The van der Waals surface area contributed by atoms with Gasteiger partial charge in [-0.1, -0.05) is 13.8 Å². The van der Waals surface area contributed by atoms with E-state index in [0.29, 0.717) is 12.0 Å². The summed E-state index contributed by atoms with van der Waals surface area (Å²) in [7, 11) is 0. The zero-order valence-corrected chi connectivity index (χ0v) is 7.20. The number of halogens is 1. The first-order valence-corrected chi connectivity index (χ1v) is 4.05. The predicted molar refractivity (Wildman–Crippen MR) is 43.0 cm³/mol. The Hall–Kier alpha value is 0.250. The largest absolute Gasteiger partial charge is 0.314 e. The van der Waals surface area contributed by atoms with Crippen LogP contribution in [0, 0.1) is 5.92 Å². The molecule has 0 saturated carbocycles. The van der Waals surface area contributed by atoms with Crippen LogP contribution in [0.15, 0.2) is 0 Å². The quantitative estimate of drug-likeness (QED) is 0.602. The molecule has 0 aromatic heterocycles. The van der Waals surface area contributed by atoms with Crippen molar-refractivity contribution in [1.82, 2.24) is 5.32 Å². The van der Waals surface area contributed by atoms with E-state index < -0.39 is 0 Å². The summed E-state index contributed by atoms with van der Waals surface area (Å²) >= 11 is 5.64. The van der Waals surface area contributed by atoms with E-state index in [0.717, 1.165) is 12.4 Å². The highest BCUT2D eigenvalue weighted by molar-refractivity contribution is 6.18. The second-order valence-electron chi connectivity index (χ2n) is 2.48.